The highest BCUT2D eigenvalue weighted by Gasteiger charge is 2.19. The third kappa shape index (κ3) is 5.26. The Hall–Kier alpha value is -3.31. The minimum absolute atomic E-state index is 0.362. The van der Waals surface area contributed by atoms with E-state index in [0.717, 1.165) is 27.0 Å². The molecular formula is C25H19BrCl2N6. The van der Waals surface area contributed by atoms with Crippen molar-refractivity contribution in [3.05, 3.63) is 98.2 Å². The Morgan fingerprint density at radius 1 is 0.971 bits per heavy atom. The molecule has 6 nitrogen and oxygen atoms in total. The molecule has 0 saturated carbocycles. The number of nitrogens with zero attached hydrogens (tertiary/aromatic N) is 3. The number of rotatable bonds is 6. The second-order valence-corrected chi connectivity index (χ2v) is 9.30. The summed E-state index contributed by atoms with van der Waals surface area (Å²) in [5, 5.41) is 17.3. The van der Waals surface area contributed by atoms with Gasteiger partial charge in [-0.1, -0.05) is 57.3 Å². The number of nitriles is 1. The third-order valence-electron chi connectivity index (χ3n) is 5.23. The van der Waals surface area contributed by atoms with Crippen LogP contribution in [0.2, 0.25) is 10.0 Å². The van der Waals surface area contributed by atoms with Gasteiger partial charge in [-0.2, -0.15) is 5.26 Å². The molecule has 1 atom stereocenters. The third-order valence-corrected chi connectivity index (χ3v) is 6.34. The summed E-state index contributed by atoms with van der Waals surface area (Å²) in [5.41, 5.74) is 10.7. The lowest BCUT2D eigenvalue weighted by atomic mass is 9.91. The van der Waals surface area contributed by atoms with E-state index >= 15 is 0 Å². The number of benzene rings is 3. The first-order valence-electron chi connectivity index (χ1n) is 10.2. The molecule has 9 heteroatoms. The molecule has 1 aromatic heterocycles. The number of hydrogen-bond donors (Lipinski definition) is 3. The molecule has 0 amide bonds. The summed E-state index contributed by atoms with van der Waals surface area (Å²) < 4.78 is 0.974. The molecule has 34 heavy (non-hydrogen) atoms. The van der Waals surface area contributed by atoms with Crippen LogP contribution in [-0.4, -0.2) is 9.97 Å². The van der Waals surface area contributed by atoms with Crippen molar-refractivity contribution >= 4 is 67.8 Å². The van der Waals surface area contributed by atoms with Crippen molar-refractivity contribution in [2.75, 3.05) is 16.4 Å². The van der Waals surface area contributed by atoms with E-state index in [-0.39, 0.29) is 0 Å². The van der Waals surface area contributed by atoms with Gasteiger partial charge in [0.2, 0.25) is 0 Å². The molecule has 3 aromatic carbocycles. The van der Waals surface area contributed by atoms with E-state index in [1.807, 2.05) is 49.4 Å². The summed E-state index contributed by atoms with van der Waals surface area (Å²) in [6.45, 7) is 1.93. The summed E-state index contributed by atoms with van der Waals surface area (Å²) in [7, 11) is 0. The maximum atomic E-state index is 9.82. The Bertz CT molecular complexity index is 1370. The minimum atomic E-state index is -0.525. The average molecular weight is 554 g/mol. The van der Waals surface area contributed by atoms with Crippen LogP contribution in [0.1, 0.15) is 22.6 Å². The van der Waals surface area contributed by atoms with Gasteiger partial charge < -0.3 is 16.4 Å². The first-order valence-corrected chi connectivity index (χ1v) is 11.8. The summed E-state index contributed by atoms with van der Waals surface area (Å²) in [4.78, 5) is 8.54. The highest BCUT2D eigenvalue weighted by atomic mass is 79.9. The highest BCUT2D eigenvalue weighted by Crippen LogP contribution is 2.36. The van der Waals surface area contributed by atoms with Crippen molar-refractivity contribution < 1.29 is 0 Å². The van der Waals surface area contributed by atoms with Crippen molar-refractivity contribution in [1.82, 2.24) is 9.97 Å². The van der Waals surface area contributed by atoms with Gasteiger partial charge in [-0.25, -0.2) is 9.97 Å². The van der Waals surface area contributed by atoms with E-state index in [4.69, 9.17) is 28.9 Å². The Balaban J connectivity index is 1.61. The lowest BCUT2D eigenvalue weighted by Crippen LogP contribution is -2.06. The fourth-order valence-corrected chi connectivity index (χ4v) is 4.09. The molecule has 0 saturated heterocycles. The topological polar surface area (TPSA) is 99.6 Å². The van der Waals surface area contributed by atoms with Gasteiger partial charge in [0, 0.05) is 25.9 Å². The van der Waals surface area contributed by atoms with Gasteiger partial charge in [0.15, 0.2) is 11.6 Å². The smallest absolute Gasteiger partial charge is 0.159 e. The number of nitrogens with one attached hydrogen (secondary N) is 2. The van der Waals surface area contributed by atoms with Crippen LogP contribution < -0.4 is 16.4 Å². The van der Waals surface area contributed by atoms with E-state index in [1.165, 1.54) is 6.33 Å². The zero-order valence-corrected chi connectivity index (χ0v) is 21.1. The van der Waals surface area contributed by atoms with Crippen molar-refractivity contribution in [1.29, 1.82) is 5.26 Å². The van der Waals surface area contributed by atoms with Crippen LogP contribution in [0.3, 0.4) is 0 Å². The number of nitrogen functional groups attached to an aromatic ring is 1. The van der Waals surface area contributed by atoms with E-state index in [1.54, 1.807) is 18.2 Å². The minimum Gasteiger partial charge on any atom is -0.393 e. The molecule has 4 rings (SSSR count). The quantitative estimate of drug-likeness (QED) is 0.227. The summed E-state index contributed by atoms with van der Waals surface area (Å²) in [5.74, 6) is 0.395. The number of aryl methyl sites for hydroxylation is 1. The molecule has 170 valence electrons. The molecule has 0 aliphatic heterocycles. The highest BCUT2D eigenvalue weighted by molar-refractivity contribution is 9.10. The van der Waals surface area contributed by atoms with Gasteiger partial charge in [-0.3, -0.25) is 0 Å². The van der Waals surface area contributed by atoms with E-state index in [9.17, 15) is 5.26 Å². The van der Waals surface area contributed by atoms with Gasteiger partial charge in [0.05, 0.1) is 12.0 Å². The van der Waals surface area contributed by atoms with Gasteiger partial charge in [-0.05, 0) is 66.1 Å². The predicted molar refractivity (Wildman–Crippen MR) is 142 cm³/mol. The number of anilines is 5. The standard InChI is InChI=1S/C25H19BrCl2N6/c1-14-10-19(20(12-29)15-2-6-17(27)7-3-15)21(28)11-22(14)34-25-23(30)24(31-13-32-25)33-18-8-4-16(26)5-9-18/h2-11,13,20H,30H2,1H3,(H2,31,32,33,34). The van der Waals surface area contributed by atoms with Crippen molar-refractivity contribution in [2.24, 2.45) is 0 Å². The molecule has 0 bridgehead atoms. The summed E-state index contributed by atoms with van der Waals surface area (Å²) in [6, 6.07) is 20.8. The van der Waals surface area contributed by atoms with Crippen LogP contribution in [-0.2, 0) is 0 Å². The van der Waals surface area contributed by atoms with Crippen LogP contribution in [0.5, 0.6) is 0 Å². The van der Waals surface area contributed by atoms with Crippen molar-refractivity contribution in [2.45, 2.75) is 12.8 Å². The second kappa shape index (κ2) is 10.3. The van der Waals surface area contributed by atoms with E-state index in [2.05, 4.69) is 42.6 Å². The number of nitrogens with two attached hydrogens (primary N) is 1. The first kappa shape index (κ1) is 23.8. The molecule has 0 aliphatic rings. The Morgan fingerprint density at radius 2 is 1.62 bits per heavy atom. The largest absolute Gasteiger partial charge is 0.393 e. The molecule has 0 radical (unpaired) electrons. The normalized spacial score (nSPS) is 11.5. The van der Waals surface area contributed by atoms with Crippen LogP contribution in [0, 0.1) is 18.3 Å². The fourth-order valence-electron chi connectivity index (χ4n) is 3.43. The predicted octanol–water partition coefficient (Wildman–Crippen LogP) is 7.58. The molecule has 1 heterocycles. The molecule has 4 N–H and O–H groups in total. The summed E-state index contributed by atoms with van der Waals surface area (Å²) >= 11 is 16.0. The van der Waals surface area contributed by atoms with Crippen molar-refractivity contribution in [3.63, 3.8) is 0 Å². The first-order chi connectivity index (χ1) is 16.4. The van der Waals surface area contributed by atoms with Crippen molar-refractivity contribution in [3.8, 4) is 6.07 Å². The Morgan fingerprint density at radius 3 is 2.26 bits per heavy atom. The summed E-state index contributed by atoms with van der Waals surface area (Å²) in [6.07, 6.45) is 1.43. The average Bonchev–Trinajstić information content (AvgIpc) is 2.82. The van der Waals surface area contributed by atoms with Gasteiger partial charge in [0.1, 0.15) is 12.0 Å². The molecule has 4 aromatic rings. The maximum absolute atomic E-state index is 9.82. The van der Waals surface area contributed by atoms with Gasteiger partial charge in [-0.15, -0.1) is 0 Å². The van der Waals surface area contributed by atoms with E-state index in [0.29, 0.717) is 32.9 Å². The van der Waals surface area contributed by atoms with Crippen LogP contribution in [0.4, 0.5) is 28.7 Å². The number of hydrogen-bond acceptors (Lipinski definition) is 6. The maximum Gasteiger partial charge on any atom is 0.159 e. The Kier molecular flexibility index (Phi) is 7.23. The van der Waals surface area contributed by atoms with E-state index < -0.39 is 5.92 Å². The monoisotopic (exact) mass is 552 g/mol. The second-order valence-electron chi connectivity index (χ2n) is 7.54. The van der Waals surface area contributed by atoms with Crippen LogP contribution >= 0.6 is 39.1 Å². The van der Waals surface area contributed by atoms with Gasteiger partial charge in [0.25, 0.3) is 0 Å². The van der Waals surface area contributed by atoms with Crippen LogP contribution in [0.25, 0.3) is 0 Å². The van der Waals surface area contributed by atoms with Gasteiger partial charge >= 0.3 is 0 Å². The number of aromatic nitrogens is 2. The zero-order chi connectivity index (χ0) is 24.2. The lowest BCUT2D eigenvalue weighted by molar-refractivity contribution is 1.03. The molecule has 0 fully saturated rings. The SMILES string of the molecule is Cc1cc(C(C#N)c2ccc(Cl)cc2)c(Cl)cc1Nc1ncnc(Nc2ccc(Br)cc2)c1N. The zero-order valence-electron chi connectivity index (χ0n) is 18.0. The van der Waals surface area contributed by atoms with Crippen LogP contribution in [0.15, 0.2) is 71.5 Å². The Labute approximate surface area is 215 Å². The molecule has 0 aliphatic carbocycles. The molecule has 0 spiro atoms. The fraction of sp³-hybridized carbons (Fsp3) is 0.0800. The molecular weight excluding hydrogens is 535 g/mol. The molecule has 1 unspecified atom stereocenters. The lowest BCUT2D eigenvalue weighted by Gasteiger charge is -2.17. The number of halogens is 3.